The van der Waals surface area contributed by atoms with Crippen molar-refractivity contribution in [2.75, 3.05) is 5.75 Å². The first-order chi connectivity index (χ1) is 12.1. The van der Waals surface area contributed by atoms with Crippen LogP contribution in [0.1, 0.15) is 18.1 Å². The zero-order chi connectivity index (χ0) is 18.0. The van der Waals surface area contributed by atoms with Crippen molar-refractivity contribution in [3.8, 4) is 11.8 Å². The Balaban J connectivity index is 2.53. The number of oxime groups is 1. The van der Waals surface area contributed by atoms with Gasteiger partial charge in [-0.25, -0.2) is 0 Å². The summed E-state index contributed by atoms with van der Waals surface area (Å²) in [5.74, 6) is 0.728. The normalized spacial score (nSPS) is 11.2. The molecule has 0 amide bonds. The standard InChI is InChI=1S/C16H12ClN5O2S/c1-2-25-16-20-22-14(21(16)10-6-4-3-5-7-10)11(8-18)13(17)12(9-19-24)15(22)23/h3-7,9,24H,2H2,1H3/b19-9+. The highest BCUT2D eigenvalue weighted by Crippen LogP contribution is 2.28. The number of hydrogen-bond acceptors (Lipinski definition) is 6. The second-order valence-corrected chi connectivity index (χ2v) is 6.50. The van der Waals surface area contributed by atoms with E-state index in [2.05, 4.69) is 10.3 Å². The van der Waals surface area contributed by atoms with E-state index in [9.17, 15) is 10.1 Å². The van der Waals surface area contributed by atoms with E-state index >= 15 is 0 Å². The Morgan fingerprint density at radius 1 is 1.44 bits per heavy atom. The molecule has 7 nitrogen and oxygen atoms in total. The zero-order valence-electron chi connectivity index (χ0n) is 13.0. The van der Waals surface area contributed by atoms with E-state index in [1.807, 2.05) is 43.3 Å². The summed E-state index contributed by atoms with van der Waals surface area (Å²) >= 11 is 7.66. The Morgan fingerprint density at radius 3 is 2.76 bits per heavy atom. The third-order valence-electron chi connectivity index (χ3n) is 3.48. The molecule has 0 unspecified atom stereocenters. The number of nitrogens with zero attached hydrogens (tertiary/aromatic N) is 5. The molecule has 2 aromatic heterocycles. The molecular weight excluding hydrogens is 362 g/mol. The van der Waals surface area contributed by atoms with Crippen LogP contribution in [0.3, 0.4) is 0 Å². The van der Waals surface area contributed by atoms with Crippen molar-refractivity contribution < 1.29 is 5.21 Å². The highest BCUT2D eigenvalue weighted by molar-refractivity contribution is 7.99. The van der Waals surface area contributed by atoms with Crippen molar-refractivity contribution in [1.29, 1.82) is 5.26 Å². The number of hydrogen-bond donors (Lipinski definition) is 1. The van der Waals surface area contributed by atoms with E-state index in [0.717, 1.165) is 22.2 Å². The van der Waals surface area contributed by atoms with Crippen LogP contribution in [0.2, 0.25) is 5.02 Å². The molecule has 0 saturated heterocycles. The summed E-state index contributed by atoms with van der Waals surface area (Å²) in [6, 6.07) is 11.3. The summed E-state index contributed by atoms with van der Waals surface area (Å²) in [6.07, 6.45) is 0.909. The second-order valence-electron chi connectivity index (χ2n) is 4.89. The van der Waals surface area contributed by atoms with Crippen LogP contribution in [-0.4, -0.2) is 31.4 Å². The SMILES string of the molecule is CCSc1nn2c(=O)c(/C=N/O)c(Cl)c(C#N)c2n1-c1ccccc1. The van der Waals surface area contributed by atoms with Gasteiger partial charge in [0, 0.05) is 5.69 Å². The van der Waals surface area contributed by atoms with Crippen molar-refractivity contribution >= 4 is 35.2 Å². The van der Waals surface area contributed by atoms with Crippen LogP contribution in [0.15, 0.2) is 45.4 Å². The minimum atomic E-state index is -0.565. The summed E-state index contributed by atoms with van der Waals surface area (Å²) in [6.45, 7) is 1.96. The molecule has 0 bridgehead atoms. The molecule has 0 fully saturated rings. The maximum absolute atomic E-state index is 12.7. The maximum Gasteiger partial charge on any atom is 0.283 e. The summed E-state index contributed by atoms with van der Waals surface area (Å²) in [5.41, 5.74) is 0.447. The van der Waals surface area contributed by atoms with Crippen LogP contribution < -0.4 is 5.56 Å². The lowest BCUT2D eigenvalue weighted by molar-refractivity contribution is 0.322. The smallest absolute Gasteiger partial charge is 0.283 e. The first-order valence-electron chi connectivity index (χ1n) is 7.27. The van der Waals surface area contributed by atoms with Gasteiger partial charge in [-0.1, -0.05) is 53.6 Å². The molecule has 0 radical (unpaired) electrons. The van der Waals surface area contributed by atoms with Crippen LogP contribution in [0.5, 0.6) is 0 Å². The lowest BCUT2D eigenvalue weighted by atomic mass is 10.2. The number of thioether (sulfide) groups is 1. The molecule has 126 valence electrons. The van der Waals surface area contributed by atoms with E-state index < -0.39 is 5.56 Å². The fourth-order valence-corrected chi connectivity index (χ4v) is 3.44. The number of para-hydroxylation sites is 1. The van der Waals surface area contributed by atoms with Gasteiger partial charge in [0.2, 0.25) is 0 Å². The van der Waals surface area contributed by atoms with Gasteiger partial charge in [-0.3, -0.25) is 9.36 Å². The first-order valence-corrected chi connectivity index (χ1v) is 8.63. The molecule has 25 heavy (non-hydrogen) atoms. The van der Waals surface area contributed by atoms with Crippen LogP contribution in [-0.2, 0) is 0 Å². The minimum absolute atomic E-state index is 0.0737. The minimum Gasteiger partial charge on any atom is -0.411 e. The van der Waals surface area contributed by atoms with Crippen LogP contribution in [0, 0.1) is 11.3 Å². The van der Waals surface area contributed by atoms with Gasteiger partial charge in [0.25, 0.3) is 5.56 Å². The topological polar surface area (TPSA) is 95.7 Å². The van der Waals surface area contributed by atoms with E-state index in [1.54, 1.807) is 4.57 Å². The number of benzene rings is 1. The highest BCUT2D eigenvalue weighted by Gasteiger charge is 2.23. The fraction of sp³-hybridized carbons (Fsp3) is 0.125. The molecule has 0 aliphatic carbocycles. The molecule has 1 aromatic carbocycles. The zero-order valence-corrected chi connectivity index (χ0v) is 14.6. The summed E-state index contributed by atoms with van der Waals surface area (Å²) in [5, 5.41) is 26.1. The van der Waals surface area contributed by atoms with Gasteiger partial charge < -0.3 is 5.21 Å². The van der Waals surface area contributed by atoms with Crippen molar-refractivity contribution in [1.82, 2.24) is 14.2 Å². The molecule has 1 N–H and O–H groups in total. The monoisotopic (exact) mass is 373 g/mol. The van der Waals surface area contributed by atoms with Gasteiger partial charge in [0.1, 0.15) is 11.6 Å². The van der Waals surface area contributed by atoms with Crippen molar-refractivity contribution in [2.24, 2.45) is 5.16 Å². The van der Waals surface area contributed by atoms with Gasteiger partial charge in [0.05, 0.1) is 16.8 Å². The average molecular weight is 374 g/mol. The quantitative estimate of drug-likeness (QED) is 0.328. The molecule has 3 aromatic rings. The van der Waals surface area contributed by atoms with Crippen molar-refractivity contribution in [2.45, 2.75) is 12.1 Å². The molecule has 3 rings (SSSR count). The predicted molar refractivity (Wildman–Crippen MR) is 96.3 cm³/mol. The lowest BCUT2D eigenvalue weighted by Crippen LogP contribution is -2.21. The van der Waals surface area contributed by atoms with Gasteiger partial charge >= 0.3 is 0 Å². The number of pyridine rings is 1. The van der Waals surface area contributed by atoms with E-state index in [4.69, 9.17) is 16.8 Å². The molecule has 0 atom stereocenters. The molecule has 0 spiro atoms. The fourth-order valence-electron chi connectivity index (χ4n) is 2.46. The number of nitriles is 1. The van der Waals surface area contributed by atoms with E-state index in [1.165, 1.54) is 11.8 Å². The summed E-state index contributed by atoms with van der Waals surface area (Å²) in [4.78, 5) is 12.7. The molecule has 2 heterocycles. The Labute approximate surface area is 151 Å². The molecule has 0 saturated carbocycles. The lowest BCUT2D eigenvalue weighted by Gasteiger charge is -2.09. The van der Waals surface area contributed by atoms with Gasteiger partial charge in [-0.2, -0.15) is 9.78 Å². The summed E-state index contributed by atoms with van der Waals surface area (Å²) in [7, 11) is 0. The first kappa shape index (κ1) is 17.1. The van der Waals surface area contributed by atoms with Gasteiger partial charge in [0.15, 0.2) is 10.8 Å². The maximum atomic E-state index is 12.7. The molecule has 0 aliphatic heterocycles. The third kappa shape index (κ3) is 2.77. The van der Waals surface area contributed by atoms with E-state index in [0.29, 0.717) is 5.16 Å². The Morgan fingerprint density at radius 2 is 2.16 bits per heavy atom. The molecular formula is C16H12ClN5O2S. The van der Waals surface area contributed by atoms with Crippen molar-refractivity contribution in [3.63, 3.8) is 0 Å². The predicted octanol–water partition coefficient (Wildman–Crippen LogP) is 2.93. The number of fused-ring (bicyclic) bond motifs is 1. The molecule has 0 aliphatic rings. The largest absolute Gasteiger partial charge is 0.411 e. The van der Waals surface area contributed by atoms with Gasteiger partial charge in [-0.15, -0.1) is 5.10 Å². The van der Waals surface area contributed by atoms with Gasteiger partial charge in [-0.05, 0) is 17.9 Å². The Bertz CT molecular complexity index is 1070. The average Bonchev–Trinajstić information content (AvgIpc) is 2.99. The number of aromatic nitrogens is 3. The third-order valence-corrected chi connectivity index (χ3v) is 4.68. The van der Waals surface area contributed by atoms with E-state index in [-0.39, 0.29) is 21.8 Å². The highest BCUT2D eigenvalue weighted by atomic mass is 35.5. The molecule has 9 heteroatoms. The number of halogens is 1. The Hall–Kier alpha value is -2.76. The van der Waals surface area contributed by atoms with Crippen LogP contribution >= 0.6 is 23.4 Å². The second kappa shape index (κ2) is 7.01. The van der Waals surface area contributed by atoms with Crippen LogP contribution in [0.25, 0.3) is 11.3 Å². The Kier molecular flexibility index (Phi) is 4.79. The van der Waals surface area contributed by atoms with Crippen LogP contribution in [0.4, 0.5) is 0 Å². The summed E-state index contributed by atoms with van der Waals surface area (Å²) < 4.78 is 2.84. The number of rotatable bonds is 4. The van der Waals surface area contributed by atoms with Crippen molar-refractivity contribution in [3.05, 3.63) is 56.8 Å².